The largest absolute Gasteiger partial charge is 0.465 e. The molecular weight excluding hydrogens is 356 g/mol. The summed E-state index contributed by atoms with van der Waals surface area (Å²) in [5, 5.41) is 4.17. The van der Waals surface area contributed by atoms with Crippen LogP contribution in [0.2, 0.25) is 0 Å². The predicted octanol–water partition coefficient (Wildman–Crippen LogP) is 2.63. The Morgan fingerprint density at radius 3 is 2.69 bits per heavy atom. The Morgan fingerprint density at radius 2 is 2.00 bits per heavy atom. The summed E-state index contributed by atoms with van der Waals surface area (Å²) in [4.78, 5) is 51.8. The van der Waals surface area contributed by atoms with Crippen molar-refractivity contribution < 1.29 is 19.1 Å². The molecule has 2 aromatic rings. The van der Waals surface area contributed by atoms with E-state index in [1.165, 1.54) is 13.2 Å². The van der Waals surface area contributed by atoms with E-state index in [1.807, 2.05) is 13.8 Å². The number of pyridine rings is 1. The summed E-state index contributed by atoms with van der Waals surface area (Å²) < 4.78 is 4.66. The maximum Gasteiger partial charge on any atom is 0.350 e. The molecule has 2 heterocycles. The molecule has 0 unspecified atom stereocenters. The predicted molar refractivity (Wildman–Crippen MR) is 97.1 cm³/mol. The molecule has 3 rings (SSSR count). The number of hydrogen-bond acceptors (Lipinski definition) is 6. The van der Waals surface area contributed by atoms with Gasteiger partial charge >= 0.3 is 5.97 Å². The van der Waals surface area contributed by atoms with E-state index in [9.17, 15) is 19.2 Å². The molecule has 2 aromatic heterocycles. The number of amides is 1. The van der Waals surface area contributed by atoms with E-state index in [0.29, 0.717) is 24.1 Å². The Bertz CT molecular complexity index is 970. The lowest BCUT2D eigenvalue weighted by Crippen LogP contribution is -2.32. The monoisotopic (exact) mass is 374 g/mol. The van der Waals surface area contributed by atoms with E-state index in [2.05, 4.69) is 15.0 Å². The molecule has 0 aliphatic heterocycles. The van der Waals surface area contributed by atoms with E-state index in [0.717, 1.165) is 11.3 Å². The molecule has 1 aliphatic rings. The van der Waals surface area contributed by atoms with Gasteiger partial charge in [0, 0.05) is 17.7 Å². The number of anilines is 1. The van der Waals surface area contributed by atoms with Gasteiger partial charge in [0.05, 0.1) is 12.8 Å². The number of carbonyl (C=O) groups is 3. The number of hydrogen-bond donors (Lipinski definition) is 2. The topological polar surface area (TPSA) is 105 Å². The van der Waals surface area contributed by atoms with Crippen molar-refractivity contribution in [3.63, 3.8) is 0 Å². The average Bonchev–Trinajstić information content (AvgIpc) is 3.00. The van der Waals surface area contributed by atoms with E-state index >= 15 is 0 Å². The molecule has 1 amide bonds. The number of carbonyl (C=O) groups excluding carboxylic acids is 3. The van der Waals surface area contributed by atoms with Crippen molar-refractivity contribution >= 4 is 34.7 Å². The van der Waals surface area contributed by atoms with Crippen molar-refractivity contribution in [3.8, 4) is 0 Å². The van der Waals surface area contributed by atoms with Crippen molar-refractivity contribution in [2.45, 2.75) is 26.7 Å². The summed E-state index contributed by atoms with van der Waals surface area (Å²) in [5.74, 6) is -1.37. The van der Waals surface area contributed by atoms with Crippen molar-refractivity contribution in [2.75, 3.05) is 12.4 Å². The standard InChI is InChI=1S/C18H18N2O5S/c1-18(2)7-12-9(13(21)8-18)6-10(16(23)20-12)15(22)19-11-4-5-26-14(11)17(24)25-3/h4-6H,7-8H2,1-3H3,(H,19,22)(H,20,23). The fourth-order valence-corrected chi connectivity index (χ4v) is 3.81. The van der Waals surface area contributed by atoms with Gasteiger partial charge in [0.2, 0.25) is 0 Å². The highest BCUT2D eigenvalue weighted by Gasteiger charge is 2.32. The highest BCUT2D eigenvalue weighted by Crippen LogP contribution is 2.33. The number of ether oxygens (including phenoxy) is 1. The molecule has 136 valence electrons. The van der Waals surface area contributed by atoms with Gasteiger partial charge in [0.1, 0.15) is 10.4 Å². The van der Waals surface area contributed by atoms with Gasteiger partial charge in [-0.05, 0) is 29.3 Å². The lowest BCUT2D eigenvalue weighted by atomic mass is 9.75. The first-order valence-electron chi connectivity index (χ1n) is 7.98. The zero-order valence-electron chi connectivity index (χ0n) is 14.6. The van der Waals surface area contributed by atoms with Crippen molar-refractivity contribution in [2.24, 2.45) is 5.41 Å². The van der Waals surface area contributed by atoms with Crippen LogP contribution in [0.25, 0.3) is 0 Å². The Kier molecular flexibility index (Phi) is 4.53. The van der Waals surface area contributed by atoms with Crippen LogP contribution in [0, 0.1) is 5.41 Å². The lowest BCUT2D eigenvalue weighted by molar-refractivity contribution is 0.0607. The molecule has 26 heavy (non-hydrogen) atoms. The van der Waals surface area contributed by atoms with Gasteiger partial charge in [-0.3, -0.25) is 14.4 Å². The Balaban J connectivity index is 1.94. The quantitative estimate of drug-likeness (QED) is 0.804. The first-order chi connectivity index (χ1) is 12.2. The summed E-state index contributed by atoms with van der Waals surface area (Å²) in [6.45, 7) is 3.91. The van der Waals surface area contributed by atoms with Crippen LogP contribution in [0.4, 0.5) is 5.69 Å². The molecule has 0 atom stereocenters. The molecule has 0 radical (unpaired) electrons. The van der Waals surface area contributed by atoms with Crippen molar-refractivity contribution in [1.82, 2.24) is 4.98 Å². The van der Waals surface area contributed by atoms with Crippen LogP contribution in [0.5, 0.6) is 0 Å². The summed E-state index contributed by atoms with van der Waals surface area (Å²) in [6.07, 6.45) is 0.909. The number of aromatic amines is 1. The van der Waals surface area contributed by atoms with Gasteiger partial charge in [0.15, 0.2) is 5.78 Å². The molecule has 0 saturated carbocycles. The van der Waals surface area contributed by atoms with Crippen LogP contribution in [0.1, 0.15) is 56.3 Å². The fraction of sp³-hybridized carbons (Fsp3) is 0.333. The van der Waals surface area contributed by atoms with E-state index in [4.69, 9.17) is 0 Å². The first-order valence-corrected chi connectivity index (χ1v) is 8.86. The molecule has 0 spiro atoms. The second kappa shape index (κ2) is 6.53. The van der Waals surface area contributed by atoms with Gasteiger partial charge in [-0.15, -0.1) is 11.3 Å². The lowest BCUT2D eigenvalue weighted by Gasteiger charge is -2.29. The summed E-state index contributed by atoms with van der Waals surface area (Å²) >= 11 is 1.12. The summed E-state index contributed by atoms with van der Waals surface area (Å²) in [5.41, 5.74) is 0.214. The Labute approximate surface area is 153 Å². The zero-order chi connectivity index (χ0) is 19.1. The number of methoxy groups -OCH3 is 1. The molecule has 8 heteroatoms. The minimum Gasteiger partial charge on any atom is -0.465 e. The van der Waals surface area contributed by atoms with Crippen LogP contribution in [-0.4, -0.2) is 29.8 Å². The molecule has 0 fully saturated rings. The molecular formula is C18H18N2O5S. The van der Waals surface area contributed by atoms with Gasteiger partial charge in [-0.2, -0.15) is 0 Å². The summed E-state index contributed by atoms with van der Waals surface area (Å²) in [7, 11) is 1.24. The fourth-order valence-electron chi connectivity index (χ4n) is 3.04. The first kappa shape index (κ1) is 18.1. The van der Waals surface area contributed by atoms with Crippen LogP contribution < -0.4 is 10.9 Å². The highest BCUT2D eigenvalue weighted by molar-refractivity contribution is 7.12. The molecule has 1 aliphatic carbocycles. The van der Waals surface area contributed by atoms with E-state index in [1.54, 1.807) is 11.4 Å². The number of ketones is 1. The number of esters is 1. The minimum absolute atomic E-state index is 0.104. The van der Waals surface area contributed by atoms with Gasteiger partial charge < -0.3 is 15.0 Å². The number of fused-ring (bicyclic) bond motifs is 1. The SMILES string of the molecule is COC(=O)c1sccc1NC(=O)c1cc2c([nH]c1=O)CC(C)(C)CC2=O. The summed E-state index contributed by atoms with van der Waals surface area (Å²) in [6, 6.07) is 2.89. The van der Waals surface area contributed by atoms with Crippen LogP contribution in [0.15, 0.2) is 22.3 Å². The third-order valence-corrected chi connectivity index (χ3v) is 5.14. The smallest absolute Gasteiger partial charge is 0.350 e. The third-order valence-electron chi connectivity index (χ3n) is 4.25. The number of aromatic nitrogens is 1. The van der Waals surface area contributed by atoms with E-state index < -0.39 is 17.4 Å². The van der Waals surface area contributed by atoms with E-state index in [-0.39, 0.29) is 27.3 Å². The number of thiophene rings is 1. The Hall–Kier alpha value is -2.74. The second-order valence-electron chi connectivity index (χ2n) is 6.95. The molecule has 0 bridgehead atoms. The maximum atomic E-state index is 12.5. The van der Waals surface area contributed by atoms with Crippen LogP contribution in [0.3, 0.4) is 0 Å². The second-order valence-corrected chi connectivity index (χ2v) is 7.87. The number of Topliss-reactive ketones (excluding diaryl/α,β-unsaturated/α-hetero) is 1. The minimum atomic E-state index is -0.685. The van der Waals surface area contributed by atoms with Gasteiger partial charge in [0.25, 0.3) is 11.5 Å². The number of H-pyrrole nitrogens is 1. The molecule has 2 N–H and O–H groups in total. The number of rotatable bonds is 3. The third kappa shape index (κ3) is 3.32. The zero-order valence-corrected chi connectivity index (χ0v) is 15.4. The maximum absolute atomic E-state index is 12.5. The van der Waals surface area contributed by atoms with Crippen LogP contribution in [-0.2, 0) is 11.2 Å². The van der Waals surface area contributed by atoms with Gasteiger partial charge in [-0.25, -0.2) is 4.79 Å². The normalized spacial score (nSPS) is 15.3. The van der Waals surface area contributed by atoms with Crippen molar-refractivity contribution in [3.05, 3.63) is 49.6 Å². The van der Waals surface area contributed by atoms with Crippen molar-refractivity contribution in [1.29, 1.82) is 0 Å². The Morgan fingerprint density at radius 1 is 1.27 bits per heavy atom. The number of nitrogens with one attached hydrogen (secondary N) is 2. The molecule has 7 nitrogen and oxygen atoms in total. The molecule has 0 aromatic carbocycles. The van der Waals surface area contributed by atoms with Gasteiger partial charge in [-0.1, -0.05) is 13.8 Å². The van der Waals surface area contributed by atoms with Crippen LogP contribution >= 0.6 is 11.3 Å². The highest BCUT2D eigenvalue weighted by atomic mass is 32.1. The average molecular weight is 374 g/mol. The molecule has 0 saturated heterocycles.